The van der Waals surface area contributed by atoms with Crippen LogP contribution in [0, 0.1) is 11.3 Å². The molecule has 1 saturated carbocycles. The van der Waals surface area contributed by atoms with Gasteiger partial charge in [0, 0.05) is 6.42 Å². The van der Waals surface area contributed by atoms with Gasteiger partial charge in [-0.2, -0.15) is 19.0 Å². The van der Waals surface area contributed by atoms with Crippen molar-refractivity contribution in [3.63, 3.8) is 0 Å². The van der Waals surface area contributed by atoms with E-state index in [1.54, 1.807) is 0 Å². The second-order valence-electron chi connectivity index (χ2n) is 6.92. The summed E-state index contributed by atoms with van der Waals surface area (Å²) in [6.07, 6.45) is -2.24. The molecule has 3 heterocycles. The van der Waals surface area contributed by atoms with Crippen molar-refractivity contribution in [2.24, 2.45) is 0 Å². The number of phosphoric ester groups is 1. The standard InChI is InChI=1S/C12H14N5O12P3/c13-4-11(7-2-1-6-10(14)15-5-16-17(6)7)3-12(18)8(26-11)9(12)27-31(22,23)29-32(24,25)28-30(19,20)21/h1-2,5,8-9,18H,3H2,(H,22,23)(H,24,25)(H2,14,15,16)(H2,19,20,21)/t8-,9?,11+,12+/m1/s1. The number of nitrogen functional groups attached to an aromatic ring is 1. The maximum absolute atomic E-state index is 12.0. The zero-order valence-corrected chi connectivity index (χ0v) is 18.1. The van der Waals surface area contributed by atoms with Crippen molar-refractivity contribution in [2.75, 3.05) is 5.73 Å². The van der Waals surface area contributed by atoms with Crippen LogP contribution in [-0.2, 0) is 37.2 Å². The predicted octanol–water partition coefficient (Wildman–Crippen LogP) is -0.724. The van der Waals surface area contributed by atoms with E-state index in [0.717, 1.165) is 6.33 Å². The van der Waals surface area contributed by atoms with E-state index in [4.69, 9.17) is 20.3 Å². The van der Waals surface area contributed by atoms with E-state index in [2.05, 4.69) is 23.2 Å². The summed E-state index contributed by atoms with van der Waals surface area (Å²) in [5, 5.41) is 24.5. The minimum Gasteiger partial charge on any atom is -0.384 e. The van der Waals surface area contributed by atoms with Crippen molar-refractivity contribution < 1.29 is 56.3 Å². The smallest absolute Gasteiger partial charge is 0.384 e. The number of nitrogens with zero attached hydrogens (tertiary/aromatic N) is 4. The van der Waals surface area contributed by atoms with Crippen LogP contribution in [0.4, 0.5) is 5.82 Å². The molecule has 4 rings (SSSR count). The average molecular weight is 513 g/mol. The third-order valence-electron chi connectivity index (χ3n) is 4.75. The minimum absolute atomic E-state index is 0.117. The summed E-state index contributed by atoms with van der Waals surface area (Å²) in [5.41, 5.74) is 2.55. The van der Waals surface area contributed by atoms with Gasteiger partial charge in [0.15, 0.2) is 11.4 Å². The lowest BCUT2D eigenvalue weighted by Crippen LogP contribution is -2.33. The number of nitrogens with two attached hydrogens (primary N) is 1. The van der Waals surface area contributed by atoms with Crippen molar-refractivity contribution in [3.8, 4) is 6.07 Å². The van der Waals surface area contributed by atoms with E-state index in [-0.39, 0.29) is 11.5 Å². The number of rotatable bonds is 7. The fraction of sp³-hybridized carbons (Fsp3) is 0.417. The van der Waals surface area contributed by atoms with Gasteiger partial charge in [-0.1, -0.05) is 0 Å². The molecular formula is C12H14N5O12P3. The van der Waals surface area contributed by atoms with Crippen molar-refractivity contribution in [2.45, 2.75) is 29.8 Å². The van der Waals surface area contributed by atoms with Crippen LogP contribution in [0.3, 0.4) is 0 Å². The molecule has 7 N–H and O–H groups in total. The molecule has 32 heavy (non-hydrogen) atoms. The summed E-state index contributed by atoms with van der Waals surface area (Å²) in [6, 6.07) is 4.90. The maximum atomic E-state index is 12.0. The van der Waals surface area contributed by atoms with Gasteiger partial charge in [0.2, 0.25) is 0 Å². The van der Waals surface area contributed by atoms with E-state index >= 15 is 0 Å². The van der Waals surface area contributed by atoms with Crippen molar-refractivity contribution >= 4 is 34.8 Å². The number of aliphatic hydroxyl groups is 1. The van der Waals surface area contributed by atoms with Gasteiger partial charge in [0.1, 0.15) is 35.7 Å². The molecule has 1 saturated heterocycles. The third kappa shape index (κ3) is 4.02. The lowest BCUT2D eigenvalue weighted by atomic mass is 9.94. The number of aromatic nitrogens is 3. The zero-order valence-electron chi connectivity index (χ0n) is 15.4. The summed E-state index contributed by atoms with van der Waals surface area (Å²) in [4.78, 5) is 39.7. The van der Waals surface area contributed by atoms with Crippen LogP contribution in [0.1, 0.15) is 12.1 Å². The highest BCUT2D eigenvalue weighted by Gasteiger charge is 2.78. The van der Waals surface area contributed by atoms with Gasteiger partial charge in [-0.3, -0.25) is 4.52 Å². The fourth-order valence-corrected chi connectivity index (χ4v) is 6.74. The van der Waals surface area contributed by atoms with Gasteiger partial charge in [-0.05, 0) is 12.1 Å². The summed E-state index contributed by atoms with van der Waals surface area (Å²) in [7, 11) is -16.8. The van der Waals surface area contributed by atoms with E-state index in [9.17, 15) is 33.9 Å². The lowest BCUT2D eigenvalue weighted by molar-refractivity contribution is -0.0245. The first kappa shape index (κ1) is 23.4. The molecule has 0 spiro atoms. The van der Waals surface area contributed by atoms with Crippen LogP contribution in [0.15, 0.2) is 18.5 Å². The monoisotopic (exact) mass is 513 g/mol. The molecular weight excluding hydrogens is 499 g/mol. The number of hydrogen-bond donors (Lipinski definition) is 6. The first-order valence-corrected chi connectivity index (χ1v) is 12.9. The van der Waals surface area contributed by atoms with E-state index in [1.165, 1.54) is 16.6 Å². The Kier molecular flexibility index (Phi) is 5.20. The van der Waals surface area contributed by atoms with Crippen LogP contribution in [-0.4, -0.2) is 57.1 Å². The minimum atomic E-state index is -5.72. The maximum Gasteiger partial charge on any atom is 0.490 e. The molecule has 2 aromatic rings. The topological polar surface area (TPSA) is 269 Å². The van der Waals surface area contributed by atoms with E-state index < -0.39 is 53.3 Å². The van der Waals surface area contributed by atoms with Crippen LogP contribution >= 0.6 is 23.5 Å². The first-order chi connectivity index (χ1) is 14.6. The van der Waals surface area contributed by atoms with Gasteiger partial charge in [0.05, 0.1) is 5.69 Å². The molecule has 1 aliphatic carbocycles. The number of nitriles is 1. The Morgan fingerprint density at radius 2 is 1.91 bits per heavy atom. The highest BCUT2D eigenvalue weighted by Crippen LogP contribution is 2.69. The quantitative estimate of drug-likeness (QED) is 0.249. The number of phosphoric acid groups is 3. The van der Waals surface area contributed by atoms with Gasteiger partial charge < -0.3 is 35.2 Å². The second-order valence-corrected chi connectivity index (χ2v) is 11.3. The second kappa shape index (κ2) is 7.12. The summed E-state index contributed by atoms with van der Waals surface area (Å²) in [6.45, 7) is 0. The molecule has 0 radical (unpaired) electrons. The zero-order chi connectivity index (χ0) is 23.7. The Bertz CT molecular complexity index is 1290. The number of ether oxygens (including phenoxy) is 1. The van der Waals surface area contributed by atoms with E-state index in [0.29, 0.717) is 5.52 Å². The Balaban J connectivity index is 1.52. The summed E-state index contributed by atoms with van der Waals surface area (Å²) < 4.78 is 52.8. The van der Waals surface area contributed by atoms with Crippen LogP contribution in [0.25, 0.3) is 5.52 Å². The van der Waals surface area contributed by atoms with Gasteiger partial charge in [0.25, 0.3) is 0 Å². The lowest BCUT2D eigenvalue weighted by Gasteiger charge is -2.25. The Hall–Kier alpha value is -1.76. The van der Waals surface area contributed by atoms with Crippen molar-refractivity contribution in [3.05, 3.63) is 24.2 Å². The molecule has 17 nitrogen and oxygen atoms in total. The molecule has 174 valence electrons. The molecule has 2 aliphatic rings. The van der Waals surface area contributed by atoms with Crippen LogP contribution in [0.2, 0.25) is 0 Å². The average Bonchev–Trinajstić information content (AvgIpc) is 2.99. The largest absolute Gasteiger partial charge is 0.490 e. The fourth-order valence-electron chi connectivity index (χ4n) is 3.50. The van der Waals surface area contributed by atoms with Crippen molar-refractivity contribution in [1.82, 2.24) is 14.6 Å². The molecule has 1 aliphatic heterocycles. The summed E-state index contributed by atoms with van der Waals surface area (Å²) >= 11 is 0. The molecule has 2 aromatic heterocycles. The van der Waals surface area contributed by atoms with E-state index in [1.807, 2.05) is 6.07 Å². The first-order valence-electron chi connectivity index (χ1n) is 8.34. The van der Waals surface area contributed by atoms with Gasteiger partial charge in [-0.25, -0.2) is 23.2 Å². The van der Waals surface area contributed by atoms with Crippen LogP contribution in [0.5, 0.6) is 0 Å². The third-order valence-corrected chi connectivity index (χ3v) is 8.57. The molecule has 6 atom stereocenters. The highest BCUT2D eigenvalue weighted by atomic mass is 31.3. The van der Waals surface area contributed by atoms with Crippen molar-refractivity contribution in [1.29, 1.82) is 5.26 Å². The molecule has 2 fully saturated rings. The molecule has 0 bridgehead atoms. The number of hydrogen-bond acceptors (Lipinski definition) is 12. The predicted molar refractivity (Wildman–Crippen MR) is 97.9 cm³/mol. The molecule has 20 heteroatoms. The Morgan fingerprint density at radius 3 is 2.47 bits per heavy atom. The molecule has 3 unspecified atom stereocenters. The number of anilines is 1. The van der Waals surface area contributed by atoms with Crippen LogP contribution < -0.4 is 5.73 Å². The molecule has 0 aromatic carbocycles. The normalized spacial score (nSPS) is 33.2. The van der Waals surface area contributed by atoms with Gasteiger partial charge >= 0.3 is 23.5 Å². The van der Waals surface area contributed by atoms with Gasteiger partial charge in [-0.15, -0.1) is 0 Å². The Labute approximate surface area is 177 Å². The highest BCUT2D eigenvalue weighted by molar-refractivity contribution is 7.66. The SMILES string of the molecule is N#C[C@]1(c2ccc3c(N)ncnn23)C[C@@]2(O)C(OP(=O)(O)OP(=O)(O)OP(=O)(O)O)[C@H]2O1. The Morgan fingerprint density at radius 1 is 1.22 bits per heavy atom. The number of fused-ring (bicyclic) bond motifs is 2. The molecule has 0 amide bonds. The summed E-state index contributed by atoms with van der Waals surface area (Å²) in [5.74, 6) is 0.117.